The molecule has 0 spiro atoms. The van der Waals surface area contributed by atoms with Gasteiger partial charge in [-0.05, 0) is 8.07 Å². The first-order valence-corrected chi connectivity index (χ1v) is 6.11. The summed E-state index contributed by atoms with van der Waals surface area (Å²) in [6, 6.07) is 2.22. The SMILES string of the molecule is C=C[CH-][Si](C)(C)C.[K+]. The second-order valence-corrected chi connectivity index (χ2v) is 7.83. The van der Waals surface area contributed by atoms with E-state index in [1.165, 1.54) is 0 Å². The molecule has 0 N–H and O–H groups in total. The van der Waals surface area contributed by atoms with E-state index in [0.717, 1.165) is 0 Å². The van der Waals surface area contributed by atoms with Gasteiger partial charge in [0.1, 0.15) is 0 Å². The van der Waals surface area contributed by atoms with Gasteiger partial charge in [0, 0.05) is 0 Å². The summed E-state index contributed by atoms with van der Waals surface area (Å²) in [7, 11) is -0.900. The third-order valence-electron chi connectivity index (χ3n) is 0.618. The molecule has 0 aromatic rings. The molecule has 42 valence electrons. The molecule has 0 aliphatic heterocycles. The van der Waals surface area contributed by atoms with Crippen molar-refractivity contribution in [2.75, 3.05) is 0 Å². The largest absolute Gasteiger partial charge is 1.00 e. The molecule has 0 amide bonds. The van der Waals surface area contributed by atoms with Crippen molar-refractivity contribution in [3.8, 4) is 0 Å². The van der Waals surface area contributed by atoms with Gasteiger partial charge in [0.2, 0.25) is 0 Å². The fourth-order valence-electron chi connectivity index (χ4n) is 0.354. The average Bonchev–Trinajstić information content (AvgIpc) is 1.30. The first-order chi connectivity index (χ1) is 3.06. The minimum absolute atomic E-state index is 0. The van der Waals surface area contributed by atoms with Crippen LogP contribution in [0.15, 0.2) is 12.7 Å². The van der Waals surface area contributed by atoms with Crippen molar-refractivity contribution in [2.45, 2.75) is 19.6 Å². The molecule has 0 nitrogen and oxygen atoms in total. The predicted molar refractivity (Wildman–Crippen MR) is 37.8 cm³/mol. The fourth-order valence-corrected chi connectivity index (χ4v) is 1.06. The first-order valence-electron chi connectivity index (χ1n) is 2.53. The Kier molecular flexibility index (Phi) is 8.01. The molecule has 0 unspecified atom stereocenters. The summed E-state index contributed by atoms with van der Waals surface area (Å²) >= 11 is 0. The van der Waals surface area contributed by atoms with Gasteiger partial charge in [0.25, 0.3) is 0 Å². The molecular formula is C6H13KSi. The smallest absolute Gasteiger partial charge is 0.245 e. The van der Waals surface area contributed by atoms with Gasteiger partial charge in [-0.25, -0.2) is 18.7 Å². The van der Waals surface area contributed by atoms with Crippen molar-refractivity contribution in [3.63, 3.8) is 0 Å². The zero-order valence-electron chi connectivity index (χ0n) is 6.36. The summed E-state index contributed by atoms with van der Waals surface area (Å²) in [5.74, 6) is 0. The van der Waals surface area contributed by atoms with Crippen molar-refractivity contribution in [2.24, 2.45) is 0 Å². The van der Waals surface area contributed by atoms with Crippen LogP contribution in [0.25, 0.3) is 0 Å². The molecule has 0 aromatic carbocycles. The predicted octanol–water partition coefficient (Wildman–Crippen LogP) is -0.742. The maximum Gasteiger partial charge on any atom is 1.00 e. The quantitative estimate of drug-likeness (QED) is 0.361. The first kappa shape index (κ1) is 12.2. The van der Waals surface area contributed by atoms with E-state index in [0.29, 0.717) is 0 Å². The monoisotopic (exact) mass is 152 g/mol. The van der Waals surface area contributed by atoms with Crippen LogP contribution in [0, 0.1) is 6.04 Å². The van der Waals surface area contributed by atoms with Gasteiger partial charge in [-0.15, -0.1) is 0 Å². The van der Waals surface area contributed by atoms with Gasteiger partial charge in [0.15, 0.2) is 0 Å². The molecule has 0 heterocycles. The van der Waals surface area contributed by atoms with Crippen LogP contribution in [-0.4, -0.2) is 8.07 Å². The van der Waals surface area contributed by atoms with Crippen LogP contribution in [0.3, 0.4) is 0 Å². The molecule has 0 saturated carbocycles. The molecule has 0 radical (unpaired) electrons. The van der Waals surface area contributed by atoms with Crippen LogP contribution >= 0.6 is 0 Å². The van der Waals surface area contributed by atoms with Crippen LogP contribution in [-0.2, 0) is 0 Å². The van der Waals surface area contributed by atoms with Crippen molar-refractivity contribution in [1.82, 2.24) is 0 Å². The normalized spacial score (nSPS) is 9.38. The van der Waals surface area contributed by atoms with Crippen LogP contribution < -0.4 is 51.4 Å². The molecule has 0 bridgehead atoms. The van der Waals surface area contributed by atoms with Crippen LogP contribution in [0.4, 0.5) is 0 Å². The van der Waals surface area contributed by atoms with Crippen molar-refractivity contribution < 1.29 is 51.4 Å². The molecule has 0 atom stereocenters. The Hall–Kier alpha value is 1.46. The molecule has 0 fully saturated rings. The second kappa shape index (κ2) is 5.26. The molecule has 0 aliphatic carbocycles. The molecule has 0 aromatic heterocycles. The van der Waals surface area contributed by atoms with Crippen molar-refractivity contribution >= 4 is 8.07 Å². The van der Waals surface area contributed by atoms with Crippen LogP contribution in [0.5, 0.6) is 0 Å². The van der Waals surface area contributed by atoms with Gasteiger partial charge >= 0.3 is 51.4 Å². The van der Waals surface area contributed by atoms with E-state index in [1.54, 1.807) is 0 Å². The van der Waals surface area contributed by atoms with E-state index in [1.807, 2.05) is 6.08 Å². The van der Waals surface area contributed by atoms with Crippen molar-refractivity contribution in [1.29, 1.82) is 0 Å². The Morgan fingerprint density at radius 3 is 1.75 bits per heavy atom. The summed E-state index contributed by atoms with van der Waals surface area (Å²) in [6.45, 7) is 10.5. The van der Waals surface area contributed by atoms with Gasteiger partial charge in [-0.2, -0.15) is 0 Å². The topological polar surface area (TPSA) is 0 Å². The number of rotatable bonds is 2. The Morgan fingerprint density at radius 2 is 1.75 bits per heavy atom. The second-order valence-electron chi connectivity index (χ2n) is 2.77. The molecule has 8 heavy (non-hydrogen) atoms. The third-order valence-corrected chi connectivity index (χ3v) is 1.85. The third kappa shape index (κ3) is 10.4. The van der Waals surface area contributed by atoms with E-state index in [4.69, 9.17) is 0 Å². The standard InChI is InChI=1S/C6H13Si.K/c1-5-6-7(2,3)4;/h5-6H,1H2,2-4H3;/q-1;+1. The van der Waals surface area contributed by atoms with Gasteiger partial charge < -0.3 is 0 Å². The Bertz CT molecular complexity index is 63.4. The Balaban J connectivity index is 0. The summed E-state index contributed by atoms with van der Waals surface area (Å²) < 4.78 is 0. The average molecular weight is 152 g/mol. The van der Waals surface area contributed by atoms with E-state index in [9.17, 15) is 0 Å². The number of hydrogen-bond donors (Lipinski definition) is 0. The molecular weight excluding hydrogens is 139 g/mol. The summed E-state index contributed by atoms with van der Waals surface area (Å²) in [5, 5.41) is 0. The minimum atomic E-state index is -0.900. The maximum atomic E-state index is 3.63. The van der Waals surface area contributed by atoms with Gasteiger partial charge in [-0.1, -0.05) is 19.6 Å². The van der Waals surface area contributed by atoms with E-state index in [2.05, 4.69) is 32.3 Å². The summed E-state index contributed by atoms with van der Waals surface area (Å²) in [5.41, 5.74) is 0. The van der Waals surface area contributed by atoms with E-state index >= 15 is 0 Å². The van der Waals surface area contributed by atoms with Gasteiger partial charge in [0.05, 0.1) is 0 Å². The zero-order chi connectivity index (χ0) is 5.91. The van der Waals surface area contributed by atoms with E-state index < -0.39 is 8.07 Å². The Labute approximate surface area is 96.2 Å². The summed E-state index contributed by atoms with van der Waals surface area (Å²) in [6.07, 6.45) is 1.90. The van der Waals surface area contributed by atoms with Crippen LogP contribution in [0.1, 0.15) is 0 Å². The zero-order valence-corrected chi connectivity index (χ0v) is 10.5. The summed E-state index contributed by atoms with van der Waals surface area (Å²) in [4.78, 5) is 0. The van der Waals surface area contributed by atoms with Crippen molar-refractivity contribution in [3.05, 3.63) is 18.7 Å². The Morgan fingerprint density at radius 1 is 1.38 bits per heavy atom. The molecule has 0 rings (SSSR count). The maximum absolute atomic E-state index is 3.63. The minimum Gasteiger partial charge on any atom is -0.245 e. The van der Waals surface area contributed by atoms with Gasteiger partial charge in [-0.3, -0.25) is 0 Å². The number of hydrogen-bond acceptors (Lipinski definition) is 0. The molecule has 0 saturated heterocycles. The molecule has 0 aliphatic rings. The van der Waals surface area contributed by atoms with Crippen LogP contribution in [0.2, 0.25) is 19.6 Å². The number of allylic oxidation sites excluding steroid dienone is 1. The fraction of sp³-hybridized carbons (Fsp3) is 0.500. The molecule has 2 heteroatoms. The van der Waals surface area contributed by atoms with E-state index in [-0.39, 0.29) is 51.4 Å².